The number of urea groups is 1. The molecule has 0 bridgehead atoms. The third-order valence-corrected chi connectivity index (χ3v) is 6.86. The number of halogens is 4. The van der Waals surface area contributed by atoms with Gasteiger partial charge in [-0.3, -0.25) is 9.40 Å². The summed E-state index contributed by atoms with van der Waals surface area (Å²) in [5.41, 5.74) is 4.44. The summed E-state index contributed by atoms with van der Waals surface area (Å²) in [6.45, 7) is 1.85. The van der Waals surface area contributed by atoms with Crippen molar-refractivity contribution in [2.75, 3.05) is 5.32 Å². The minimum absolute atomic E-state index is 0.285. The molecule has 4 aromatic carbocycles. The molecular formula is C28H21ClF3N5O2S. The van der Waals surface area contributed by atoms with Crippen molar-refractivity contribution < 1.29 is 22.7 Å². The number of nitrogens with zero attached hydrogens (tertiary/aromatic N) is 3. The van der Waals surface area contributed by atoms with Gasteiger partial charge in [0.05, 0.1) is 28.5 Å². The third kappa shape index (κ3) is 6.00. The lowest BCUT2D eigenvalue weighted by molar-refractivity contribution is -0.274. The molecule has 0 spiro atoms. The van der Waals surface area contributed by atoms with Crippen LogP contribution >= 0.6 is 23.7 Å². The van der Waals surface area contributed by atoms with E-state index in [-0.39, 0.29) is 5.75 Å². The number of carbonyl (C=O) groups is 1. The van der Waals surface area contributed by atoms with Crippen molar-refractivity contribution >= 4 is 63.3 Å². The predicted molar refractivity (Wildman–Crippen MR) is 154 cm³/mol. The Bertz CT molecular complexity index is 1730. The van der Waals surface area contributed by atoms with Gasteiger partial charge in [0, 0.05) is 29.6 Å². The highest BCUT2D eigenvalue weighted by Gasteiger charge is 2.31. The number of ether oxygens (including phenoxy) is 1. The summed E-state index contributed by atoms with van der Waals surface area (Å²) in [6, 6.07) is 20.2. The second-order valence-corrected chi connectivity index (χ2v) is 9.81. The van der Waals surface area contributed by atoms with Gasteiger partial charge < -0.3 is 10.1 Å². The molecule has 0 atom stereocenters. The van der Waals surface area contributed by atoms with E-state index in [1.165, 1.54) is 12.1 Å². The Morgan fingerprint density at radius 3 is 2.55 bits per heavy atom. The smallest absolute Gasteiger partial charge is 0.406 e. The third-order valence-electron chi connectivity index (χ3n) is 6.06. The van der Waals surface area contributed by atoms with Gasteiger partial charge in [0.2, 0.25) is 0 Å². The Morgan fingerprint density at radius 2 is 1.82 bits per heavy atom. The molecule has 0 aliphatic carbocycles. The van der Waals surface area contributed by atoms with Crippen LogP contribution in [0.15, 0.2) is 77.2 Å². The van der Waals surface area contributed by atoms with E-state index in [2.05, 4.69) is 24.3 Å². The van der Waals surface area contributed by atoms with E-state index in [1.54, 1.807) is 42.2 Å². The van der Waals surface area contributed by atoms with Crippen molar-refractivity contribution in [1.82, 2.24) is 14.5 Å². The van der Waals surface area contributed by atoms with Crippen molar-refractivity contribution in [3.63, 3.8) is 0 Å². The second kappa shape index (κ2) is 11.1. The van der Waals surface area contributed by atoms with Crippen LogP contribution in [0.2, 0.25) is 5.02 Å². The first-order chi connectivity index (χ1) is 19.1. The molecule has 0 radical (unpaired) electrons. The number of benzene rings is 4. The molecule has 5 aromatic rings. The zero-order chi connectivity index (χ0) is 28.4. The van der Waals surface area contributed by atoms with Crippen LogP contribution < -0.4 is 14.8 Å². The quantitative estimate of drug-likeness (QED) is 0.156. The molecule has 2 amide bonds. The maximum Gasteiger partial charge on any atom is 0.573 e. The molecule has 0 saturated heterocycles. The van der Waals surface area contributed by atoms with Crippen molar-refractivity contribution in [2.24, 2.45) is 11.4 Å². The number of aromatic nitrogens is 2. The van der Waals surface area contributed by atoms with Gasteiger partial charge in [-0.2, -0.15) is 5.10 Å². The molecule has 0 aliphatic heterocycles. The van der Waals surface area contributed by atoms with Crippen LogP contribution in [0.4, 0.5) is 23.7 Å². The molecule has 5 rings (SSSR count). The van der Waals surface area contributed by atoms with Gasteiger partial charge in [0.1, 0.15) is 11.3 Å². The van der Waals surface area contributed by atoms with Gasteiger partial charge in [0.15, 0.2) is 0 Å². The van der Waals surface area contributed by atoms with Crippen LogP contribution in [-0.4, -0.2) is 28.4 Å². The van der Waals surface area contributed by atoms with Crippen molar-refractivity contribution in [1.29, 1.82) is 0 Å². The zero-order valence-corrected chi connectivity index (χ0v) is 22.7. The summed E-state index contributed by atoms with van der Waals surface area (Å²) in [5, 5.41) is 10.5. The van der Waals surface area contributed by atoms with Crippen molar-refractivity contribution in [3.05, 3.63) is 88.9 Å². The molecule has 0 unspecified atom stereocenters. The minimum Gasteiger partial charge on any atom is -0.406 e. The number of para-hydroxylation sites is 1. The van der Waals surface area contributed by atoms with E-state index < -0.39 is 12.4 Å². The van der Waals surface area contributed by atoms with E-state index in [4.69, 9.17) is 11.6 Å². The lowest BCUT2D eigenvalue weighted by Gasteiger charge is -2.09. The van der Waals surface area contributed by atoms with E-state index in [0.29, 0.717) is 16.3 Å². The fraction of sp³-hybridized carbons (Fsp3) is 0.107. The summed E-state index contributed by atoms with van der Waals surface area (Å²) in [4.78, 5) is 12.2. The molecule has 204 valence electrons. The highest BCUT2D eigenvalue weighted by atomic mass is 35.5. The number of hydrogen-bond acceptors (Lipinski definition) is 5. The van der Waals surface area contributed by atoms with Crippen LogP contribution in [0.25, 0.3) is 32.9 Å². The van der Waals surface area contributed by atoms with Crippen LogP contribution in [0.1, 0.15) is 11.1 Å². The molecule has 0 saturated carbocycles. The number of rotatable bonds is 6. The first-order valence-electron chi connectivity index (χ1n) is 11.9. The summed E-state index contributed by atoms with van der Waals surface area (Å²) in [7, 11) is 1.79. The van der Waals surface area contributed by atoms with E-state index >= 15 is 0 Å². The number of anilines is 1. The predicted octanol–water partition coefficient (Wildman–Crippen LogP) is 8.06. The number of alkyl halides is 3. The number of carbonyl (C=O) groups excluding carboxylic acids is 1. The Labute approximate surface area is 236 Å². The van der Waals surface area contributed by atoms with Crippen LogP contribution in [0.5, 0.6) is 5.75 Å². The van der Waals surface area contributed by atoms with E-state index in [9.17, 15) is 18.0 Å². The van der Waals surface area contributed by atoms with Gasteiger partial charge in [-0.15, -0.1) is 13.2 Å². The summed E-state index contributed by atoms with van der Waals surface area (Å²) in [5.74, 6) is -0.285. The highest BCUT2D eigenvalue weighted by molar-refractivity contribution is 7.96. The van der Waals surface area contributed by atoms with Gasteiger partial charge in [0.25, 0.3) is 0 Å². The van der Waals surface area contributed by atoms with Crippen LogP contribution in [0, 0.1) is 6.92 Å². The Balaban J connectivity index is 1.30. The van der Waals surface area contributed by atoms with Crippen LogP contribution in [-0.2, 0) is 7.05 Å². The second-order valence-electron chi connectivity index (χ2n) is 8.80. The molecule has 7 nitrogen and oxygen atoms in total. The lowest BCUT2D eigenvalue weighted by atomic mass is 10.0. The fourth-order valence-corrected chi connectivity index (χ4v) is 4.96. The number of fused-ring (bicyclic) bond motifs is 3. The Kier molecular flexibility index (Phi) is 7.59. The molecule has 1 heterocycles. The number of aryl methyl sites for hydroxylation is 2. The van der Waals surface area contributed by atoms with E-state index in [1.807, 2.05) is 43.3 Å². The van der Waals surface area contributed by atoms with Gasteiger partial charge in [-0.1, -0.05) is 41.9 Å². The molecular weight excluding hydrogens is 563 g/mol. The fourth-order valence-electron chi connectivity index (χ4n) is 4.33. The maximum atomic E-state index is 12.5. The summed E-state index contributed by atoms with van der Waals surface area (Å²) >= 11 is 7.02. The molecule has 0 fully saturated rings. The average molecular weight is 584 g/mol. The Morgan fingerprint density at radius 1 is 1.07 bits per heavy atom. The van der Waals surface area contributed by atoms with Crippen molar-refractivity contribution in [2.45, 2.75) is 13.3 Å². The largest absolute Gasteiger partial charge is 0.573 e. The summed E-state index contributed by atoms with van der Waals surface area (Å²) in [6.07, 6.45) is -3.12. The average Bonchev–Trinajstić information content (AvgIpc) is 3.24. The summed E-state index contributed by atoms with van der Waals surface area (Å²) < 4.78 is 50.0. The normalized spacial score (nSPS) is 11.8. The lowest BCUT2D eigenvalue weighted by Crippen LogP contribution is -2.22. The number of amides is 2. The molecule has 12 heteroatoms. The first kappa shape index (κ1) is 27.4. The van der Waals surface area contributed by atoms with Crippen LogP contribution in [0.3, 0.4) is 0 Å². The molecule has 40 heavy (non-hydrogen) atoms. The maximum absolute atomic E-state index is 12.5. The zero-order valence-electron chi connectivity index (χ0n) is 21.1. The monoisotopic (exact) mass is 583 g/mol. The number of nitrogens with one attached hydrogen (secondary N) is 2. The number of hydrogen-bond donors (Lipinski definition) is 2. The standard InChI is InChI=1S/C28H21ClF3N5O2S/c1-16-4-3-5-23(29)24(16)34-27(38)36-40-33-15-17-6-12-21-19(14-17)9-13-22-25(21)35-37(2)26(22)18-7-10-20(11-8-18)39-28(30,31)32/h3-15H,1-2H3,(H2,34,36,38)/b33-15+. The van der Waals surface area contributed by atoms with Gasteiger partial charge in [-0.05, 0) is 65.9 Å². The van der Waals surface area contributed by atoms with Gasteiger partial charge >= 0.3 is 12.4 Å². The highest BCUT2D eigenvalue weighted by Crippen LogP contribution is 2.34. The first-order valence-corrected chi connectivity index (χ1v) is 13.0. The Hall–Kier alpha value is -4.22. The molecule has 0 aliphatic rings. The van der Waals surface area contributed by atoms with Crippen molar-refractivity contribution in [3.8, 4) is 17.0 Å². The molecule has 1 aromatic heterocycles. The van der Waals surface area contributed by atoms with E-state index in [0.717, 1.165) is 50.6 Å². The molecule has 2 N–H and O–H groups in total. The topological polar surface area (TPSA) is 80.5 Å². The SMILES string of the molecule is Cc1cccc(Cl)c1NC(=O)NS/N=C/c1ccc2c(ccc3c(-c4ccc(OC(F)(F)F)cc4)n(C)nc32)c1. The minimum atomic E-state index is -4.75. The van der Waals surface area contributed by atoms with Gasteiger partial charge in [-0.25, -0.2) is 9.19 Å².